The van der Waals surface area contributed by atoms with Crippen molar-refractivity contribution in [2.75, 3.05) is 40.0 Å². The lowest BCUT2D eigenvalue weighted by molar-refractivity contribution is -0.299. The number of methoxy groups -OCH3 is 2. The van der Waals surface area contributed by atoms with E-state index in [2.05, 4.69) is 15.0 Å². The molecule has 288 valence electrons. The van der Waals surface area contributed by atoms with Crippen molar-refractivity contribution in [1.82, 2.24) is 19.5 Å². The number of aliphatic hydroxyl groups excluding tert-OH is 1. The summed E-state index contributed by atoms with van der Waals surface area (Å²) >= 11 is 0. The number of halogens is 6. The van der Waals surface area contributed by atoms with Crippen LogP contribution in [0.1, 0.15) is 22.9 Å². The number of benzene rings is 3. The minimum atomic E-state index is -5.62. The van der Waals surface area contributed by atoms with E-state index in [0.717, 1.165) is 6.33 Å². The first-order chi connectivity index (χ1) is 25.8. The van der Waals surface area contributed by atoms with Crippen LogP contribution in [0.5, 0.6) is 11.5 Å². The van der Waals surface area contributed by atoms with Gasteiger partial charge in [-0.05, 0) is 41.0 Å². The fourth-order valence-electron chi connectivity index (χ4n) is 6.26. The molecule has 1 aliphatic heterocycles. The molecular formula is C36H35F6N5O7. The summed E-state index contributed by atoms with van der Waals surface area (Å²) in [5.74, 6) is -2.56. The average molecular weight is 764 g/mol. The van der Waals surface area contributed by atoms with E-state index in [1.54, 1.807) is 24.3 Å². The molecule has 12 nitrogen and oxygen atoms in total. The summed E-state index contributed by atoms with van der Waals surface area (Å²) in [5, 5.41) is 11.7. The summed E-state index contributed by atoms with van der Waals surface area (Å²) in [6, 6.07) is 23.6. The summed E-state index contributed by atoms with van der Waals surface area (Å²) in [4.78, 5) is 12.3. The Morgan fingerprint density at radius 1 is 0.815 bits per heavy atom. The molecule has 1 saturated heterocycles. The van der Waals surface area contributed by atoms with Crippen molar-refractivity contribution >= 4 is 17.0 Å². The molecule has 1 aliphatic rings. The zero-order valence-electron chi connectivity index (χ0n) is 28.7. The molecular weight excluding hydrogens is 728 g/mol. The molecule has 1 fully saturated rings. The SMILES string of the molecule is COc1ccc(C(OC[C@H]2O[C@@H](n3cnc4c(N)ncnc43)[C@H](OCOCC(C(F)(F)F)C(F)(F)F)[C@@H]2O)(c2ccccc2)c2ccc(OC)cc2)cc1. The van der Waals surface area contributed by atoms with Crippen molar-refractivity contribution in [1.29, 1.82) is 0 Å². The van der Waals surface area contributed by atoms with Crippen molar-refractivity contribution in [3.05, 3.63) is 108 Å². The van der Waals surface area contributed by atoms with E-state index in [1.165, 1.54) is 25.1 Å². The molecule has 18 heteroatoms. The Hall–Kier alpha value is -5.01. The molecule has 0 aliphatic carbocycles. The van der Waals surface area contributed by atoms with Gasteiger partial charge in [0.05, 0.1) is 33.8 Å². The highest BCUT2D eigenvalue weighted by atomic mass is 19.4. The molecule has 0 bridgehead atoms. The van der Waals surface area contributed by atoms with E-state index in [0.29, 0.717) is 28.2 Å². The van der Waals surface area contributed by atoms with Gasteiger partial charge in [0.1, 0.15) is 54.0 Å². The lowest BCUT2D eigenvalue weighted by Gasteiger charge is -2.37. The fourth-order valence-corrected chi connectivity index (χ4v) is 6.26. The lowest BCUT2D eigenvalue weighted by Crippen LogP contribution is -2.41. The quantitative estimate of drug-likeness (QED) is 0.0614. The zero-order valence-corrected chi connectivity index (χ0v) is 28.7. The Kier molecular flexibility index (Phi) is 11.3. The van der Waals surface area contributed by atoms with E-state index in [-0.39, 0.29) is 23.6 Å². The van der Waals surface area contributed by atoms with E-state index in [4.69, 9.17) is 34.2 Å². The van der Waals surface area contributed by atoms with Crippen molar-refractivity contribution in [3.63, 3.8) is 0 Å². The maximum Gasteiger partial charge on any atom is 0.402 e. The Bertz CT molecular complexity index is 1920. The van der Waals surface area contributed by atoms with Gasteiger partial charge in [-0.25, -0.2) is 15.0 Å². The van der Waals surface area contributed by atoms with E-state index in [9.17, 15) is 31.4 Å². The second kappa shape index (κ2) is 15.8. The summed E-state index contributed by atoms with van der Waals surface area (Å²) in [6.45, 7) is -3.15. The number of nitrogens with two attached hydrogens (primary N) is 1. The Labute approximate surface area is 304 Å². The molecule has 3 heterocycles. The number of rotatable bonds is 14. The number of anilines is 1. The summed E-state index contributed by atoms with van der Waals surface area (Å²) < 4.78 is 115. The van der Waals surface area contributed by atoms with Gasteiger partial charge in [-0.1, -0.05) is 54.6 Å². The number of hydrogen-bond acceptors (Lipinski definition) is 11. The van der Waals surface area contributed by atoms with Gasteiger partial charge in [0.2, 0.25) is 0 Å². The number of aromatic nitrogens is 4. The largest absolute Gasteiger partial charge is 0.497 e. The van der Waals surface area contributed by atoms with Crippen LogP contribution in [0.3, 0.4) is 0 Å². The van der Waals surface area contributed by atoms with Crippen molar-refractivity contribution in [2.24, 2.45) is 5.92 Å². The van der Waals surface area contributed by atoms with Gasteiger partial charge in [-0.3, -0.25) is 4.57 Å². The number of ether oxygens (including phenoxy) is 6. The third-order valence-corrected chi connectivity index (χ3v) is 9.03. The third kappa shape index (κ3) is 7.78. The van der Waals surface area contributed by atoms with Gasteiger partial charge in [-0.2, -0.15) is 26.3 Å². The molecule has 2 aromatic heterocycles. The first kappa shape index (κ1) is 38.7. The highest BCUT2D eigenvalue weighted by molar-refractivity contribution is 5.81. The van der Waals surface area contributed by atoms with Crippen LogP contribution in [-0.2, 0) is 24.5 Å². The van der Waals surface area contributed by atoms with Crippen molar-refractivity contribution in [2.45, 2.75) is 42.5 Å². The van der Waals surface area contributed by atoms with Crippen LogP contribution in [-0.4, -0.2) is 89.5 Å². The van der Waals surface area contributed by atoms with Gasteiger partial charge in [-0.15, -0.1) is 0 Å². The summed E-state index contributed by atoms with van der Waals surface area (Å²) in [5.41, 5.74) is 6.98. The highest BCUT2D eigenvalue weighted by Crippen LogP contribution is 2.44. The molecule has 6 rings (SSSR count). The van der Waals surface area contributed by atoms with Crippen LogP contribution < -0.4 is 15.2 Å². The number of nitrogen functional groups attached to an aromatic ring is 1. The van der Waals surface area contributed by atoms with E-state index in [1.807, 2.05) is 54.6 Å². The van der Waals surface area contributed by atoms with Crippen LogP contribution in [0.25, 0.3) is 11.2 Å². The van der Waals surface area contributed by atoms with Crippen LogP contribution in [0, 0.1) is 5.92 Å². The second-order valence-corrected chi connectivity index (χ2v) is 12.2. The van der Waals surface area contributed by atoms with Gasteiger partial charge < -0.3 is 39.3 Å². The first-order valence-electron chi connectivity index (χ1n) is 16.4. The second-order valence-electron chi connectivity index (χ2n) is 12.2. The first-order valence-corrected chi connectivity index (χ1v) is 16.4. The van der Waals surface area contributed by atoms with Crippen LogP contribution in [0.15, 0.2) is 91.5 Å². The highest BCUT2D eigenvalue weighted by Gasteiger charge is 2.57. The third-order valence-electron chi connectivity index (χ3n) is 9.03. The molecule has 0 spiro atoms. The molecule has 54 heavy (non-hydrogen) atoms. The molecule has 0 unspecified atom stereocenters. The average Bonchev–Trinajstić information content (AvgIpc) is 3.72. The smallest absolute Gasteiger partial charge is 0.402 e. The number of imidazole rings is 1. The molecule has 3 aromatic carbocycles. The van der Waals surface area contributed by atoms with Crippen molar-refractivity contribution in [3.8, 4) is 11.5 Å². The van der Waals surface area contributed by atoms with Crippen LogP contribution >= 0.6 is 0 Å². The van der Waals surface area contributed by atoms with Gasteiger partial charge in [0.15, 0.2) is 23.6 Å². The molecule has 4 atom stereocenters. The predicted octanol–water partition coefficient (Wildman–Crippen LogP) is 5.79. The molecule has 0 amide bonds. The maximum atomic E-state index is 13.2. The molecule has 0 saturated carbocycles. The number of aliphatic hydroxyl groups is 1. The summed E-state index contributed by atoms with van der Waals surface area (Å²) in [6.07, 6.45) is -14.3. The van der Waals surface area contributed by atoms with Crippen LogP contribution in [0.2, 0.25) is 0 Å². The van der Waals surface area contributed by atoms with Gasteiger partial charge >= 0.3 is 12.4 Å². The molecule has 3 N–H and O–H groups in total. The van der Waals surface area contributed by atoms with Crippen molar-refractivity contribution < 1.29 is 59.9 Å². The van der Waals surface area contributed by atoms with E-state index >= 15 is 0 Å². The number of hydrogen-bond donors (Lipinski definition) is 2. The van der Waals surface area contributed by atoms with E-state index < -0.39 is 61.8 Å². The number of fused-ring (bicyclic) bond motifs is 1. The minimum Gasteiger partial charge on any atom is -0.497 e. The molecule has 5 aromatic rings. The normalized spacial score (nSPS) is 19.4. The zero-order chi connectivity index (χ0) is 38.7. The molecule has 0 radical (unpaired) electrons. The Morgan fingerprint density at radius 2 is 1.39 bits per heavy atom. The van der Waals surface area contributed by atoms with Gasteiger partial charge in [0.25, 0.3) is 0 Å². The van der Waals surface area contributed by atoms with Crippen LogP contribution in [0.4, 0.5) is 32.2 Å². The maximum absolute atomic E-state index is 13.2. The fraction of sp³-hybridized carbons (Fsp3) is 0.361. The minimum absolute atomic E-state index is 0.0231. The monoisotopic (exact) mass is 763 g/mol. The summed E-state index contributed by atoms with van der Waals surface area (Å²) in [7, 11) is 3.07. The Morgan fingerprint density at radius 3 is 1.94 bits per heavy atom. The Balaban J connectivity index is 1.34. The lowest BCUT2D eigenvalue weighted by atomic mass is 9.80. The number of alkyl halides is 6. The van der Waals surface area contributed by atoms with Gasteiger partial charge in [0, 0.05) is 0 Å². The predicted molar refractivity (Wildman–Crippen MR) is 179 cm³/mol. The topological polar surface area (TPSA) is 145 Å². The number of nitrogens with zero attached hydrogens (tertiary/aromatic N) is 4. The standard InChI is InChI=1S/C36H35F6N5O7/c1-49-24-12-8-22(9-13-24)34(21-6-4-3-5-7-21,23-10-14-25(50-2)15-11-23)53-16-26-29(48)30(52-20-51-17-27(35(37,38)39)36(40,41)42)33(54-26)47-19-46-28-31(43)44-18-45-32(28)47/h3-15,18-19,26-27,29-30,33,48H,16-17,20H2,1-2H3,(H2,43,44,45)/t26-,29-,30-,33-/m1/s1.